The van der Waals surface area contributed by atoms with Gasteiger partial charge in [0.2, 0.25) is 5.91 Å². The van der Waals surface area contributed by atoms with Crippen molar-refractivity contribution in [3.63, 3.8) is 0 Å². The second-order valence-electron chi connectivity index (χ2n) is 5.13. The van der Waals surface area contributed by atoms with Gasteiger partial charge in [-0.15, -0.1) is 0 Å². The van der Waals surface area contributed by atoms with Crippen molar-refractivity contribution >= 4 is 11.7 Å². The van der Waals surface area contributed by atoms with Crippen LogP contribution >= 0.6 is 0 Å². The molecule has 1 amide bonds. The number of amidine groups is 1. The summed E-state index contributed by atoms with van der Waals surface area (Å²) in [7, 11) is 1.69. The quantitative estimate of drug-likeness (QED) is 0.281. The van der Waals surface area contributed by atoms with Crippen molar-refractivity contribution in [2.75, 3.05) is 7.05 Å². The maximum absolute atomic E-state index is 11.9. The highest BCUT2D eigenvalue weighted by atomic mass is 16.4. The molecule has 0 radical (unpaired) electrons. The van der Waals surface area contributed by atoms with E-state index >= 15 is 0 Å². The number of hydrogen-bond acceptors (Lipinski definition) is 3. The van der Waals surface area contributed by atoms with E-state index in [2.05, 4.69) is 10.5 Å². The third kappa shape index (κ3) is 1.37. The van der Waals surface area contributed by atoms with Crippen molar-refractivity contribution < 1.29 is 10.0 Å². The molecule has 3 aliphatic rings. The van der Waals surface area contributed by atoms with Crippen molar-refractivity contribution in [2.24, 2.45) is 21.7 Å². The highest BCUT2D eigenvalue weighted by molar-refractivity contribution is 5.88. The average Bonchev–Trinajstić information content (AvgIpc) is 2.38. The van der Waals surface area contributed by atoms with Gasteiger partial charge >= 0.3 is 0 Å². The first kappa shape index (κ1) is 11.2. The first-order valence-corrected chi connectivity index (χ1v) is 5.79. The van der Waals surface area contributed by atoms with Crippen LogP contribution < -0.4 is 11.1 Å². The van der Waals surface area contributed by atoms with Crippen LogP contribution in [0.1, 0.15) is 38.5 Å². The zero-order valence-electron chi connectivity index (χ0n) is 9.62. The molecule has 0 aromatic carbocycles. The predicted molar refractivity (Wildman–Crippen MR) is 60.0 cm³/mol. The summed E-state index contributed by atoms with van der Waals surface area (Å²) in [5.41, 5.74) is 5.43. The smallest absolute Gasteiger partial charge is 0.225 e. The van der Waals surface area contributed by atoms with Crippen LogP contribution in [0, 0.1) is 10.8 Å². The molecule has 0 aromatic rings. The summed E-state index contributed by atoms with van der Waals surface area (Å²) < 4.78 is 0. The average molecular weight is 225 g/mol. The lowest BCUT2D eigenvalue weighted by Crippen LogP contribution is -2.53. The Morgan fingerprint density at radius 1 is 1.19 bits per heavy atom. The normalized spacial score (nSPS) is 38.4. The Bertz CT molecular complexity index is 314. The zero-order chi connectivity index (χ0) is 11.8. The summed E-state index contributed by atoms with van der Waals surface area (Å²) in [6, 6.07) is 0. The summed E-state index contributed by atoms with van der Waals surface area (Å²) in [5.74, 6) is 0.498. The van der Waals surface area contributed by atoms with Gasteiger partial charge in [-0.2, -0.15) is 0 Å². The molecule has 4 N–H and O–H groups in total. The SMILES string of the molecule is CNC(=O)C12CCC(/C(N)=N/O)(CC1)CC2. The van der Waals surface area contributed by atoms with Gasteiger partial charge in [-0.05, 0) is 38.5 Å². The van der Waals surface area contributed by atoms with Crippen LogP contribution in [-0.2, 0) is 4.79 Å². The highest BCUT2D eigenvalue weighted by Crippen LogP contribution is 2.56. The maximum Gasteiger partial charge on any atom is 0.225 e. The van der Waals surface area contributed by atoms with Crippen LogP contribution in [-0.4, -0.2) is 24.0 Å². The van der Waals surface area contributed by atoms with Gasteiger partial charge < -0.3 is 16.3 Å². The molecule has 0 saturated heterocycles. The van der Waals surface area contributed by atoms with Gasteiger partial charge in [0.1, 0.15) is 5.84 Å². The molecule has 2 bridgehead atoms. The van der Waals surface area contributed by atoms with Crippen LogP contribution in [0.3, 0.4) is 0 Å². The molecule has 90 valence electrons. The standard InChI is InChI=1S/C11H19N3O2/c1-13-9(15)11-5-2-10(3-6-11,4-7-11)8(12)14-16/h16H,2-7H2,1H3,(H2,12,14)(H,13,15). The first-order chi connectivity index (χ1) is 7.58. The number of rotatable bonds is 2. The molecular weight excluding hydrogens is 206 g/mol. The fourth-order valence-electron chi connectivity index (χ4n) is 3.28. The minimum Gasteiger partial charge on any atom is -0.409 e. The predicted octanol–water partition coefficient (Wildman–Crippen LogP) is 0.819. The molecule has 3 saturated carbocycles. The molecule has 3 fully saturated rings. The lowest BCUT2D eigenvalue weighted by Gasteiger charge is -2.51. The Balaban J connectivity index is 2.18. The van der Waals surface area contributed by atoms with Crippen molar-refractivity contribution in [1.82, 2.24) is 5.32 Å². The van der Waals surface area contributed by atoms with Gasteiger partial charge in [0.05, 0.1) is 0 Å². The van der Waals surface area contributed by atoms with E-state index in [1.807, 2.05) is 0 Å². The van der Waals surface area contributed by atoms with E-state index in [0.29, 0.717) is 5.84 Å². The molecular formula is C11H19N3O2. The Labute approximate surface area is 95.1 Å². The third-order valence-corrected chi connectivity index (χ3v) is 4.61. The van der Waals surface area contributed by atoms with Crippen LogP contribution in [0.4, 0.5) is 0 Å². The van der Waals surface area contributed by atoms with Crippen LogP contribution in [0.15, 0.2) is 5.16 Å². The summed E-state index contributed by atoms with van der Waals surface area (Å²) in [6.45, 7) is 0. The van der Waals surface area contributed by atoms with E-state index in [1.54, 1.807) is 7.05 Å². The molecule has 0 aromatic heterocycles. The first-order valence-electron chi connectivity index (χ1n) is 5.79. The fourth-order valence-corrected chi connectivity index (χ4v) is 3.28. The molecule has 3 aliphatic carbocycles. The van der Waals surface area contributed by atoms with Gasteiger partial charge in [-0.1, -0.05) is 5.16 Å². The number of nitrogens with two attached hydrogens (primary N) is 1. The van der Waals surface area contributed by atoms with Gasteiger partial charge in [0.25, 0.3) is 0 Å². The van der Waals surface area contributed by atoms with Crippen molar-refractivity contribution in [2.45, 2.75) is 38.5 Å². The van der Waals surface area contributed by atoms with Gasteiger partial charge in [-0.3, -0.25) is 4.79 Å². The van der Waals surface area contributed by atoms with Crippen molar-refractivity contribution in [3.8, 4) is 0 Å². The number of fused-ring (bicyclic) bond motifs is 3. The van der Waals surface area contributed by atoms with E-state index in [-0.39, 0.29) is 16.7 Å². The summed E-state index contributed by atoms with van der Waals surface area (Å²) in [4.78, 5) is 11.9. The van der Waals surface area contributed by atoms with Crippen molar-refractivity contribution in [3.05, 3.63) is 0 Å². The van der Waals surface area contributed by atoms with Gasteiger partial charge in [0, 0.05) is 17.9 Å². The van der Waals surface area contributed by atoms with Gasteiger partial charge in [-0.25, -0.2) is 0 Å². The Morgan fingerprint density at radius 3 is 2.00 bits per heavy atom. The van der Waals surface area contributed by atoms with E-state index in [9.17, 15) is 4.79 Å². The topological polar surface area (TPSA) is 87.7 Å². The highest BCUT2D eigenvalue weighted by Gasteiger charge is 2.53. The lowest BCUT2D eigenvalue weighted by molar-refractivity contribution is -0.137. The number of hydrogen-bond donors (Lipinski definition) is 3. The van der Waals surface area contributed by atoms with E-state index < -0.39 is 0 Å². The van der Waals surface area contributed by atoms with Crippen LogP contribution in [0.5, 0.6) is 0 Å². The second-order valence-corrected chi connectivity index (χ2v) is 5.13. The number of nitrogens with zero attached hydrogens (tertiary/aromatic N) is 1. The zero-order valence-corrected chi connectivity index (χ0v) is 9.62. The minimum atomic E-state index is -0.188. The fraction of sp³-hybridized carbons (Fsp3) is 0.818. The second kappa shape index (κ2) is 3.64. The molecule has 0 aliphatic heterocycles. The number of carbonyl (C=O) groups excluding carboxylic acids is 1. The molecule has 16 heavy (non-hydrogen) atoms. The molecule has 3 rings (SSSR count). The van der Waals surface area contributed by atoms with Crippen LogP contribution in [0.2, 0.25) is 0 Å². The van der Waals surface area contributed by atoms with Crippen molar-refractivity contribution in [1.29, 1.82) is 0 Å². The summed E-state index contributed by atoms with van der Waals surface area (Å²) >= 11 is 0. The number of amides is 1. The Morgan fingerprint density at radius 2 is 1.62 bits per heavy atom. The number of oxime groups is 1. The monoisotopic (exact) mass is 225 g/mol. The minimum absolute atomic E-state index is 0.148. The summed E-state index contributed by atoms with van der Waals surface area (Å²) in [6.07, 6.45) is 5.12. The maximum atomic E-state index is 11.9. The molecule has 0 spiro atoms. The molecule has 0 atom stereocenters. The number of nitrogens with one attached hydrogen (secondary N) is 1. The summed E-state index contributed by atoms with van der Waals surface area (Å²) in [5, 5.41) is 14.7. The van der Waals surface area contributed by atoms with Crippen LogP contribution in [0.25, 0.3) is 0 Å². The molecule has 0 heterocycles. The molecule has 5 nitrogen and oxygen atoms in total. The van der Waals surface area contributed by atoms with Gasteiger partial charge in [0.15, 0.2) is 0 Å². The Hall–Kier alpha value is -1.26. The van der Waals surface area contributed by atoms with E-state index in [0.717, 1.165) is 38.5 Å². The lowest BCUT2D eigenvalue weighted by atomic mass is 9.53. The number of carbonyl (C=O) groups is 1. The molecule has 5 heteroatoms. The largest absolute Gasteiger partial charge is 0.409 e. The van der Waals surface area contributed by atoms with E-state index in [4.69, 9.17) is 10.9 Å². The molecule has 0 unspecified atom stereocenters. The third-order valence-electron chi connectivity index (χ3n) is 4.61. The van der Waals surface area contributed by atoms with E-state index in [1.165, 1.54) is 0 Å². The Kier molecular flexibility index (Phi) is 2.56.